The van der Waals surface area contributed by atoms with Gasteiger partial charge >= 0.3 is 12.2 Å². The summed E-state index contributed by atoms with van der Waals surface area (Å²) in [6.45, 7) is 12.3. The van der Waals surface area contributed by atoms with E-state index in [4.69, 9.17) is 19.4 Å². The molecule has 3 aromatic heterocycles. The molecule has 0 unspecified atom stereocenters. The van der Waals surface area contributed by atoms with Crippen LogP contribution in [0.2, 0.25) is 0 Å². The Balaban J connectivity index is 1.33. The van der Waals surface area contributed by atoms with Gasteiger partial charge in [-0.1, -0.05) is 5.92 Å². The van der Waals surface area contributed by atoms with Crippen LogP contribution in [0.25, 0.3) is 22.4 Å². The second kappa shape index (κ2) is 11.0. The van der Waals surface area contributed by atoms with Gasteiger partial charge in [-0.25, -0.2) is 24.5 Å². The number of carbonyl (C=O) groups is 2. The molecule has 1 aliphatic heterocycles. The Morgan fingerprint density at radius 3 is 2.32 bits per heavy atom. The van der Waals surface area contributed by atoms with Gasteiger partial charge in [0.05, 0.1) is 5.69 Å². The molecule has 1 saturated heterocycles. The van der Waals surface area contributed by atoms with Crippen molar-refractivity contribution in [2.75, 3.05) is 18.4 Å². The van der Waals surface area contributed by atoms with Crippen molar-refractivity contribution in [3.63, 3.8) is 0 Å². The molecule has 216 valence electrons. The highest BCUT2D eigenvalue weighted by atomic mass is 16.6. The summed E-state index contributed by atoms with van der Waals surface area (Å²) in [6.07, 6.45) is 4.57. The Kier molecular flexibility index (Phi) is 7.64. The number of nitrogens with zero attached hydrogens (tertiary/aromatic N) is 5. The van der Waals surface area contributed by atoms with E-state index in [1.165, 1.54) is 0 Å². The van der Waals surface area contributed by atoms with Gasteiger partial charge in [-0.15, -0.1) is 0 Å². The van der Waals surface area contributed by atoms with Crippen molar-refractivity contribution in [2.24, 2.45) is 5.92 Å². The van der Waals surface area contributed by atoms with Gasteiger partial charge in [0.25, 0.3) is 0 Å². The second-order valence-electron chi connectivity index (χ2n) is 12.6. The van der Waals surface area contributed by atoms with E-state index in [9.17, 15) is 9.59 Å². The van der Waals surface area contributed by atoms with Gasteiger partial charge in [0, 0.05) is 36.8 Å². The summed E-state index contributed by atoms with van der Waals surface area (Å²) in [5, 5.41) is 2.69. The third kappa shape index (κ3) is 7.34. The maximum atomic E-state index is 12.4. The molecule has 0 radical (unpaired) electrons. The smallest absolute Gasteiger partial charge is 0.413 e. The molecule has 0 bridgehead atoms. The summed E-state index contributed by atoms with van der Waals surface area (Å²) in [7, 11) is 0. The first kappa shape index (κ1) is 28.4. The summed E-state index contributed by atoms with van der Waals surface area (Å²) in [4.78, 5) is 40.4. The minimum absolute atomic E-state index is 0.192. The molecule has 41 heavy (non-hydrogen) atoms. The fourth-order valence-corrected chi connectivity index (χ4v) is 4.67. The molecule has 5 rings (SSSR count). The number of fused-ring (bicyclic) bond motifs is 1. The number of aromatic nitrogens is 4. The second-order valence-corrected chi connectivity index (χ2v) is 12.6. The Morgan fingerprint density at radius 1 is 0.951 bits per heavy atom. The maximum absolute atomic E-state index is 12.4. The van der Waals surface area contributed by atoms with Gasteiger partial charge in [-0.05, 0) is 97.4 Å². The lowest BCUT2D eigenvalue weighted by atomic mass is 9.98. The van der Waals surface area contributed by atoms with E-state index >= 15 is 0 Å². The molecule has 2 fully saturated rings. The van der Waals surface area contributed by atoms with E-state index in [1.807, 2.05) is 59.7 Å². The van der Waals surface area contributed by atoms with Gasteiger partial charge in [-0.2, -0.15) is 0 Å². The Morgan fingerprint density at radius 2 is 1.66 bits per heavy atom. The van der Waals surface area contributed by atoms with Gasteiger partial charge in [0.2, 0.25) is 0 Å². The summed E-state index contributed by atoms with van der Waals surface area (Å²) in [5.74, 6) is 8.06. The predicted octanol–water partition coefficient (Wildman–Crippen LogP) is 6.17. The zero-order valence-corrected chi connectivity index (χ0v) is 24.7. The van der Waals surface area contributed by atoms with E-state index in [2.05, 4.69) is 26.7 Å². The van der Waals surface area contributed by atoms with E-state index in [-0.39, 0.29) is 12.0 Å². The lowest BCUT2D eigenvalue weighted by molar-refractivity contribution is 0.0199. The molecule has 3 aromatic rings. The first-order valence-electron chi connectivity index (χ1n) is 14.2. The minimum atomic E-state index is -0.604. The number of piperidine rings is 1. The molecule has 1 aliphatic carbocycles. The molecule has 4 heterocycles. The number of likely N-dealkylation sites (tertiary alicyclic amines) is 1. The third-order valence-corrected chi connectivity index (χ3v) is 6.67. The first-order valence-corrected chi connectivity index (χ1v) is 14.2. The molecule has 1 N–H and O–H groups in total. The number of hydrogen-bond acceptors (Lipinski definition) is 7. The molecule has 0 aromatic carbocycles. The zero-order valence-electron chi connectivity index (χ0n) is 24.7. The van der Waals surface area contributed by atoms with Gasteiger partial charge in [-0.3, -0.25) is 9.88 Å². The Labute approximate surface area is 240 Å². The number of pyridine rings is 2. The number of imidazole rings is 1. The fourth-order valence-electron chi connectivity index (χ4n) is 4.67. The van der Waals surface area contributed by atoms with Crippen LogP contribution in [0.4, 0.5) is 15.4 Å². The van der Waals surface area contributed by atoms with E-state index in [1.54, 1.807) is 17.2 Å². The van der Waals surface area contributed by atoms with Crippen LogP contribution < -0.4 is 5.32 Å². The summed E-state index contributed by atoms with van der Waals surface area (Å²) >= 11 is 0. The first-order chi connectivity index (χ1) is 19.3. The average Bonchev–Trinajstić information content (AvgIpc) is 3.65. The number of amides is 2. The van der Waals surface area contributed by atoms with Gasteiger partial charge in [0.1, 0.15) is 22.5 Å². The Bertz CT molecular complexity index is 1510. The molecular weight excluding hydrogens is 520 g/mol. The molecule has 0 spiro atoms. The van der Waals surface area contributed by atoms with E-state index < -0.39 is 17.3 Å². The maximum Gasteiger partial charge on any atom is 0.413 e. The van der Waals surface area contributed by atoms with Crippen molar-refractivity contribution < 1.29 is 19.1 Å². The highest BCUT2D eigenvalue weighted by Crippen LogP contribution is 2.38. The topological polar surface area (TPSA) is 111 Å². The molecule has 0 atom stereocenters. The van der Waals surface area contributed by atoms with Crippen LogP contribution in [0, 0.1) is 17.8 Å². The summed E-state index contributed by atoms with van der Waals surface area (Å²) in [6, 6.07) is 7.85. The number of rotatable bonds is 3. The quantitative estimate of drug-likeness (QED) is 0.383. The van der Waals surface area contributed by atoms with Crippen molar-refractivity contribution in [1.29, 1.82) is 0 Å². The van der Waals surface area contributed by atoms with Crippen molar-refractivity contribution in [2.45, 2.75) is 84.5 Å². The third-order valence-electron chi connectivity index (χ3n) is 6.67. The number of nitrogens with one attached hydrogen (secondary N) is 1. The largest absolute Gasteiger partial charge is 0.444 e. The summed E-state index contributed by atoms with van der Waals surface area (Å²) in [5.41, 5.74) is 2.07. The van der Waals surface area contributed by atoms with Crippen molar-refractivity contribution in [3.05, 3.63) is 36.3 Å². The van der Waals surface area contributed by atoms with Gasteiger partial charge in [0.15, 0.2) is 11.5 Å². The number of anilines is 1. The number of ether oxygens (including phenoxy) is 2. The highest BCUT2D eigenvalue weighted by molar-refractivity contribution is 5.85. The van der Waals surface area contributed by atoms with Gasteiger partial charge < -0.3 is 14.4 Å². The monoisotopic (exact) mass is 558 g/mol. The van der Waals surface area contributed by atoms with Crippen LogP contribution in [0.15, 0.2) is 30.5 Å². The van der Waals surface area contributed by atoms with E-state index in [0.717, 1.165) is 53.9 Å². The van der Waals surface area contributed by atoms with Crippen LogP contribution in [-0.4, -0.2) is 60.9 Å². The van der Waals surface area contributed by atoms with Crippen LogP contribution in [0.3, 0.4) is 0 Å². The molecule has 2 aliphatic rings. The Hall–Kier alpha value is -4.13. The van der Waals surface area contributed by atoms with Crippen LogP contribution in [-0.2, 0) is 9.47 Å². The lowest BCUT2D eigenvalue weighted by Crippen LogP contribution is -2.41. The number of hydrogen-bond donors (Lipinski definition) is 1. The standard InChI is InChI=1S/C31H38N6O4/c1-30(2,3)40-28(38)35-25-19-21(13-16-32-25)23-10-11-24-27(34-23)37(22-8-9-22)26(33-24)12-7-20-14-17-36(18-15-20)29(39)41-31(4,5)6/h10-11,13,16,19-20,22H,8-9,14-15,17-18H2,1-6H3,(H,32,35,38). The average molecular weight is 559 g/mol. The van der Waals surface area contributed by atoms with E-state index in [0.29, 0.717) is 24.9 Å². The van der Waals surface area contributed by atoms with Crippen LogP contribution in [0.5, 0.6) is 0 Å². The molecule has 1 saturated carbocycles. The molecule has 2 amide bonds. The minimum Gasteiger partial charge on any atom is -0.444 e. The van der Waals surface area contributed by atoms with Crippen LogP contribution in [0.1, 0.15) is 79.1 Å². The predicted molar refractivity (Wildman–Crippen MR) is 156 cm³/mol. The molecule has 10 heteroatoms. The SMILES string of the molecule is CC(C)(C)OC(=O)Nc1cc(-c2ccc3nc(C#CC4CCN(C(=O)OC(C)(C)C)CC4)n(C4CC4)c3n2)ccn1. The van der Waals surface area contributed by atoms with Crippen molar-refractivity contribution in [1.82, 2.24) is 24.4 Å². The van der Waals surface area contributed by atoms with Crippen LogP contribution >= 0.6 is 0 Å². The summed E-state index contributed by atoms with van der Waals surface area (Å²) < 4.78 is 13.0. The van der Waals surface area contributed by atoms with Crippen molar-refractivity contribution in [3.8, 4) is 23.1 Å². The normalized spacial score (nSPS) is 16.2. The molecule has 10 nitrogen and oxygen atoms in total. The lowest BCUT2D eigenvalue weighted by Gasteiger charge is -2.31. The number of carbonyl (C=O) groups excluding carboxylic acids is 2. The van der Waals surface area contributed by atoms with Crippen molar-refractivity contribution >= 4 is 29.2 Å². The fraction of sp³-hybridized carbons (Fsp3) is 0.516. The molecular formula is C31H38N6O4. The highest BCUT2D eigenvalue weighted by Gasteiger charge is 2.29. The zero-order chi connectivity index (χ0) is 29.4.